The van der Waals surface area contributed by atoms with Crippen LogP contribution in [0.4, 0.5) is 4.79 Å². The topological polar surface area (TPSA) is 47.8 Å². The summed E-state index contributed by atoms with van der Waals surface area (Å²) in [5.74, 6) is 0. The molecule has 66 valence electrons. The first-order valence-electron chi connectivity index (χ1n) is 4.08. The lowest BCUT2D eigenvalue weighted by Gasteiger charge is -1.93. The first-order valence-corrected chi connectivity index (χ1v) is 4.08. The summed E-state index contributed by atoms with van der Waals surface area (Å²) in [4.78, 5) is 11.5. The van der Waals surface area contributed by atoms with Crippen LogP contribution in [0.1, 0.15) is 27.7 Å². The van der Waals surface area contributed by atoms with Gasteiger partial charge in [-0.25, -0.2) is 0 Å². The maximum atomic E-state index is 11.5. The van der Waals surface area contributed by atoms with Gasteiger partial charge >= 0.3 is 11.3 Å². The van der Waals surface area contributed by atoms with E-state index in [0.29, 0.717) is 0 Å². The van der Waals surface area contributed by atoms with Crippen LogP contribution < -0.4 is 0 Å². The lowest BCUT2D eigenvalue weighted by atomic mass is 10.4. The summed E-state index contributed by atoms with van der Waals surface area (Å²) in [5.41, 5.74) is 0. The SMILES string of the molecule is CC(C)[N+]1=NN=[N+](C(C)C)C1=O. The van der Waals surface area contributed by atoms with Crippen molar-refractivity contribution in [1.29, 1.82) is 0 Å². The summed E-state index contributed by atoms with van der Waals surface area (Å²) in [6.07, 6.45) is 0. The fourth-order valence-corrected chi connectivity index (χ4v) is 0.916. The van der Waals surface area contributed by atoms with E-state index in [9.17, 15) is 4.79 Å². The molecule has 0 aromatic carbocycles. The van der Waals surface area contributed by atoms with Crippen LogP contribution in [0.25, 0.3) is 0 Å². The molecular weight excluding hydrogens is 156 g/mol. The Bertz CT molecular complexity index is 239. The largest absolute Gasteiger partial charge is 0.633 e. The van der Waals surface area contributed by atoms with E-state index in [0.717, 1.165) is 0 Å². The summed E-state index contributed by atoms with van der Waals surface area (Å²) >= 11 is 0. The highest BCUT2D eigenvalue weighted by Crippen LogP contribution is 2.06. The molecule has 5 heteroatoms. The van der Waals surface area contributed by atoms with Gasteiger partial charge < -0.3 is 0 Å². The minimum Gasteiger partial charge on any atom is -0.176 e. The van der Waals surface area contributed by atoms with E-state index in [2.05, 4.69) is 10.4 Å². The van der Waals surface area contributed by atoms with E-state index >= 15 is 0 Å². The van der Waals surface area contributed by atoms with Crippen LogP contribution in [-0.2, 0) is 0 Å². The van der Waals surface area contributed by atoms with Crippen LogP contribution in [0.15, 0.2) is 10.4 Å². The standard InChI is InChI=1S/C7H14N4O/c1-5(2)10-7(12)11(6(3)4)9-8-10/h5-6H,1-4H3/q+2. The quantitative estimate of drug-likeness (QED) is 0.583. The Morgan fingerprint density at radius 2 is 1.33 bits per heavy atom. The second kappa shape index (κ2) is 3.08. The summed E-state index contributed by atoms with van der Waals surface area (Å²) in [6, 6.07) is 0.00926. The van der Waals surface area contributed by atoms with Gasteiger partial charge in [0, 0.05) is 0 Å². The molecule has 0 spiro atoms. The monoisotopic (exact) mass is 170 g/mol. The summed E-state index contributed by atoms with van der Waals surface area (Å²) < 4.78 is 2.75. The minimum atomic E-state index is -0.139. The normalized spacial score (nSPS) is 17.3. The molecule has 5 nitrogen and oxygen atoms in total. The van der Waals surface area contributed by atoms with Gasteiger partial charge in [-0.05, 0) is 32.4 Å². The van der Waals surface area contributed by atoms with Gasteiger partial charge in [0.05, 0.1) is 4.70 Å². The Labute approximate surface area is 71.4 Å². The maximum absolute atomic E-state index is 11.5. The molecule has 1 aliphatic rings. The van der Waals surface area contributed by atoms with Crippen LogP contribution >= 0.6 is 0 Å². The number of hydrogen-bond donors (Lipinski definition) is 0. The van der Waals surface area contributed by atoms with E-state index < -0.39 is 0 Å². The van der Waals surface area contributed by atoms with Crippen LogP contribution in [0.5, 0.6) is 0 Å². The number of urea groups is 1. The molecule has 0 saturated heterocycles. The van der Waals surface area contributed by atoms with Crippen LogP contribution in [-0.4, -0.2) is 27.5 Å². The van der Waals surface area contributed by atoms with Gasteiger partial charge in [0.2, 0.25) is 0 Å². The van der Waals surface area contributed by atoms with Crippen LogP contribution in [0.3, 0.4) is 0 Å². The lowest BCUT2D eigenvalue weighted by Crippen LogP contribution is -2.32. The molecule has 1 heterocycles. The van der Waals surface area contributed by atoms with Crippen LogP contribution in [0.2, 0.25) is 0 Å². The van der Waals surface area contributed by atoms with E-state index in [-0.39, 0.29) is 18.1 Å². The Kier molecular flexibility index (Phi) is 2.30. The van der Waals surface area contributed by atoms with Gasteiger partial charge in [0.15, 0.2) is 6.04 Å². The van der Waals surface area contributed by atoms with Gasteiger partial charge in [-0.3, -0.25) is 0 Å². The number of hydrogen-bond acceptors (Lipinski definition) is 3. The fraction of sp³-hybridized carbons (Fsp3) is 0.857. The second-order valence-corrected chi connectivity index (χ2v) is 3.34. The van der Waals surface area contributed by atoms with Crippen molar-refractivity contribution in [2.75, 3.05) is 0 Å². The molecule has 0 fully saturated rings. The van der Waals surface area contributed by atoms with Crippen molar-refractivity contribution >= 4 is 6.03 Å². The number of amides is 2. The molecule has 0 bridgehead atoms. The number of rotatable bonds is 2. The third kappa shape index (κ3) is 1.39. The molecule has 0 N–H and O–H groups in total. The average molecular weight is 170 g/mol. The fourth-order valence-electron chi connectivity index (χ4n) is 0.916. The van der Waals surface area contributed by atoms with Crippen molar-refractivity contribution in [3.8, 4) is 0 Å². The smallest absolute Gasteiger partial charge is 0.176 e. The third-order valence-electron chi connectivity index (χ3n) is 1.60. The molecule has 0 aliphatic carbocycles. The first-order chi connectivity index (χ1) is 5.54. The second-order valence-electron chi connectivity index (χ2n) is 3.34. The lowest BCUT2D eigenvalue weighted by molar-refractivity contribution is -0.620. The number of nitrogens with zero attached hydrogens (tertiary/aromatic N) is 4. The Hall–Kier alpha value is -1.13. The molecule has 0 radical (unpaired) electrons. The Morgan fingerprint density at radius 1 is 1.00 bits per heavy atom. The summed E-state index contributed by atoms with van der Waals surface area (Å²) in [5, 5.41) is 7.51. The molecule has 1 rings (SSSR count). The molecule has 0 atom stereocenters. The van der Waals surface area contributed by atoms with Gasteiger partial charge in [0.25, 0.3) is 5.22 Å². The molecule has 0 aromatic heterocycles. The van der Waals surface area contributed by atoms with Gasteiger partial charge in [-0.15, -0.1) is 0 Å². The third-order valence-corrected chi connectivity index (χ3v) is 1.60. The molecule has 1 aliphatic heterocycles. The van der Waals surface area contributed by atoms with Crippen LogP contribution in [0, 0.1) is 0 Å². The van der Waals surface area contributed by atoms with E-state index in [1.54, 1.807) is 0 Å². The molecule has 0 unspecified atom stereocenters. The molecular formula is C7H14N4O+2. The van der Waals surface area contributed by atoms with E-state index in [1.807, 2.05) is 27.7 Å². The van der Waals surface area contributed by atoms with Gasteiger partial charge in [-0.1, -0.05) is 0 Å². The Balaban J connectivity index is 2.80. The van der Waals surface area contributed by atoms with Crippen molar-refractivity contribution in [2.24, 2.45) is 10.4 Å². The zero-order valence-electron chi connectivity index (χ0n) is 7.85. The molecule has 0 saturated carbocycles. The van der Waals surface area contributed by atoms with Gasteiger partial charge in [0.1, 0.15) is 6.04 Å². The molecule has 0 aromatic rings. The highest BCUT2D eigenvalue weighted by Gasteiger charge is 2.44. The average Bonchev–Trinajstić information content (AvgIpc) is 2.30. The van der Waals surface area contributed by atoms with Crippen molar-refractivity contribution in [1.82, 2.24) is 0 Å². The number of carbonyl (C=O) groups excluding carboxylic acids is 1. The highest BCUT2D eigenvalue weighted by molar-refractivity contribution is 5.54. The van der Waals surface area contributed by atoms with Crippen molar-refractivity contribution in [3.63, 3.8) is 0 Å². The van der Waals surface area contributed by atoms with E-state index in [1.165, 1.54) is 9.39 Å². The molecule has 12 heavy (non-hydrogen) atoms. The summed E-state index contributed by atoms with van der Waals surface area (Å²) in [6.45, 7) is 7.61. The van der Waals surface area contributed by atoms with Gasteiger partial charge in [-0.2, -0.15) is 4.79 Å². The maximum Gasteiger partial charge on any atom is 0.633 e. The zero-order valence-corrected chi connectivity index (χ0v) is 7.85. The first kappa shape index (κ1) is 8.96. The molecule has 2 amide bonds. The van der Waals surface area contributed by atoms with Crippen molar-refractivity contribution in [2.45, 2.75) is 39.8 Å². The van der Waals surface area contributed by atoms with E-state index in [4.69, 9.17) is 0 Å². The highest BCUT2D eigenvalue weighted by atomic mass is 16.2. The Morgan fingerprint density at radius 3 is 1.50 bits per heavy atom. The van der Waals surface area contributed by atoms with Crippen molar-refractivity contribution < 1.29 is 14.2 Å². The minimum absolute atomic E-state index is 0.0741. The number of carbonyl (C=O) groups is 1. The summed E-state index contributed by atoms with van der Waals surface area (Å²) in [7, 11) is 0. The zero-order chi connectivity index (χ0) is 9.30. The predicted octanol–water partition coefficient (Wildman–Crippen LogP) is 1.78. The predicted molar refractivity (Wildman–Crippen MR) is 41.0 cm³/mol. The van der Waals surface area contributed by atoms with Crippen molar-refractivity contribution in [3.05, 3.63) is 0 Å².